The first-order valence-corrected chi connectivity index (χ1v) is 6.68. The SMILES string of the molecule is CCS(=O)(=O)C(C[O])c1ccc([N+](=O)[O-])cc1. The van der Waals surface area contributed by atoms with Gasteiger partial charge in [0.2, 0.25) is 0 Å². The molecular weight excluding hydrogens is 246 g/mol. The highest BCUT2D eigenvalue weighted by atomic mass is 32.2. The molecule has 1 unspecified atom stereocenters. The number of nitrogens with zero attached hydrogens (tertiary/aromatic N) is 1. The summed E-state index contributed by atoms with van der Waals surface area (Å²) in [5, 5.41) is 20.2. The fourth-order valence-corrected chi connectivity index (χ4v) is 2.60. The van der Waals surface area contributed by atoms with Crippen molar-refractivity contribution in [1.29, 1.82) is 0 Å². The quantitative estimate of drug-likeness (QED) is 0.590. The van der Waals surface area contributed by atoms with E-state index in [0.717, 1.165) is 0 Å². The Morgan fingerprint density at radius 2 is 1.82 bits per heavy atom. The van der Waals surface area contributed by atoms with Crippen LogP contribution in [0.5, 0.6) is 0 Å². The smallest absolute Gasteiger partial charge is 0.258 e. The predicted octanol–water partition coefficient (Wildman–Crippen LogP) is 1.50. The number of rotatable bonds is 5. The van der Waals surface area contributed by atoms with Gasteiger partial charge in [-0.1, -0.05) is 19.1 Å². The minimum absolute atomic E-state index is 0.128. The highest BCUT2D eigenvalue weighted by molar-refractivity contribution is 7.91. The summed E-state index contributed by atoms with van der Waals surface area (Å²) < 4.78 is 23.2. The van der Waals surface area contributed by atoms with Crippen molar-refractivity contribution in [3.05, 3.63) is 39.9 Å². The van der Waals surface area contributed by atoms with E-state index in [2.05, 4.69) is 0 Å². The van der Waals surface area contributed by atoms with E-state index in [1.54, 1.807) is 0 Å². The van der Waals surface area contributed by atoms with Crippen LogP contribution in [0, 0.1) is 10.1 Å². The monoisotopic (exact) mass is 258 g/mol. The zero-order chi connectivity index (χ0) is 13.1. The second kappa shape index (κ2) is 5.24. The van der Waals surface area contributed by atoms with Crippen LogP contribution in [0.4, 0.5) is 5.69 Å². The second-order valence-corrected chi connectivity index (χ2v) is 5.93. The molecule has 0 aliphatic rings. The van der Waals surface area contributed by atoms with Crippen LogP contribution >= 0.6 is 0 Å². The van der Waals surface area contributed by atoms with E-state index in [1.165, 1.54) is 31.2 Å². The van der Waals surface area contributed by atoms with Crippen LogP contribution in [0.1, 0.15) is 17.7 Å². The molecule has 0 spiro atoms. The Labute approximate surface area is 99.0 Å². The Morgan fingerprint density at radius 1 is 1.29 bits per heavy atom. The highest BCUT2D eigenvalue weighted by Gasteiger charge is 2.25. The van der Waals surface area contributed by atoms with Gasteiger partial charge in [-0.05, 0) is 5.56 Å². The number of non-ortho nitro benzene ring substituents is 1. The molecule has 0 amide bonds. The lowest BCUT2D eigenvalue weighted by atomic mass is 10.1. The first kappa shape index (κ1) is 13.6. The molecule has 1 aromatic rings. The third-order valence-corrected chi connectivity index (χ3v) is 4.54. The average molecular weight is 258 g/mol. The average Bonchev–Trinajstić information content (AvgIpc) is 2.30. The molecule has 0 bridgehead atoms. The summed E-state index contributed by atoms with van der Waals surface area (Å²) in [6.45, 7) is 0.678. The molecule has 6 nitrogen and oxygen atoms in total. The van der Waals surface area contributed by atoms with E-state index in [-0.39, 0.29) is 11.4 Å². The molecular formula is C10H12NO5S. The van der Waals surface area contributed by atoms with Crippen molar-refractivity contribution in [2.75, 3.05) is 12.4 Å². The number of nitro benzene ring substituents is 1. The second-order valence-electron chi connectivity index (χ2n) is 3.46. The van der Waals surface area contributed by atoms with Crippen LogP contribution < -0.4 is 0 Å². The van der Waals surface area contributed by atoms with Gasteiger partial charge in [-0.3, -0.25) is 10.1 Å². The van der Waals surface area contributed by atoms with Crippen molar-refractivity contribution >= 4 is 15.5 Å². The molecule has 1 aromatic carbocycles. The Balaban J connectivity index is 3.10. The number of hydrogen-bond acceptors (Lipinski definition) is 4. The molecule has 0 aromatic heterocycles. The van der Waals surface area contributed by atoms with Crippen LogP contribution in [-0.4, -0.2) is 25.7 Å². The van der Waals surface area contributed by atoms with Gasteiger partial charge in [0.25, 0.3) is 5.69 Å². The van der Waals surface area contributed by atoms with Gasteiger partial charge in [0, 0.05) is 17.9 Å². The van der Waals surface area contributed by atoms with Gasteiger partial charge in [-0.15, -0.1) is 0 Å². The Hall–Kier alpha value is -1.47. The normalized spacial score (nSPS) is 13.3. The van der Waals surface area contributed by atoms with E-state index in [9.17, 15) is 23.6 Å². The fourth-order valence-electron chi connectivity index (χ4n) is 1.42. The van der Waals surface area contributed by atoms with Gasteiger partial charge in [-0.2, -0.15) is 0 Å². The molecule has 0 aliphatic heterocycles. The number of hydrogen-bond donors (Lipinski definition) is 0. The maximum atomic E-state index is 11.6. The van der Waals surface area contributed by atoms with E-state index < -0.39 is 26.6 Å². The molecule has 0 saturated heterocycles. The van der Waals surface area contributed by atoms with Crippen molar-refractivity contribution < 1.29 is 18.4 Å². The molecule has 0 saturated carbocycles. The number of benzene rings is 1. The van der Waals surface area contributed by atoms with E-state index in [4.69, 9.17) is 0 Å². The van der Waals surface area contributed by atoms with Gasteiger partial charge >= 0.3 is 0 Å². The van der Waals surface area contributed by atoms with Gasteiger partial charge < -0.3 is 0 Å². The van der Waals surface area contributed by atoms with Crippen LogP contribution in [0.2, 0.25) is 0 Å². The topological polar surface area (TPSA) is 97.2 Å². The minimum Gasteiger partial charge on any atom is -0.258 e. The zero-order valence-electron chi connectivity index (χ0n) is 9.20. The summed E-state index contributed by atoms with van der Waals surface area (Å²) in [6.07, 6.45) is 0. The fraction of sp³-hybridized carbons (Fsp3) is 0.400. The van der Waals surface area contributed by atoms with E-state index in [0.29, 0.717) is 5.56 Å². The van der Waals surface area contributed by atoms with Crippen molar-refractivity contribution in [2.24, 2.45) is 0 Å². The van der Waals surface area contributed by atoms with E-state index >= 15 is 0 Å². The molecule has 17 heavy (non-hydrogen) atoms. The molecule has 0 aliphatic carbocycles. The van der Waals surface area contributed by atoms with Gasteiger partial charge in [0.05, 0.1) is 4.92 Å². The number of nitro groups is 1. The van der Waals surface area contributed by atoms with Crippen LogP contribution in [0.25, 0.3) is 0 Å². The first-order valence-electron chi connectivity index (χ1n) is 4.96. The summed E-state index contributed by atoms with van der Waals surface area (Å²) in [5.41, 5.74) is 0.166. The Morgan fingerprint density at radius 3 is 2.18 bits per heavy atom. The van der Waals surface area contributed by atoms with Crippen molar-refractivity contribution in [2.45, 2.75) is 12.2 Å². The Kier molecular flexibility index (Phi) is 4.19. The molecule has 93 valence electrons. The molecule has 0 fully saturated rings. The number of sulfone groups is 1. The van der Waals surface area contributed by atoms with Crippen molar-refractivity contribution in [3.8, 4) is 0 Å². The van der Waals surface area contributed by atoms with Crippen LogP contribution in [0.3, 0.4) is 0 Å². The van der Waals surface area contributed by atoms with Crippen molar-refractivity contribution in [1.82, 2.24) is 0 Å². The molecule has 1 rings (SSSR count). The summed E-state index contributed by atoms with van der Waals surface area (Å²) in [4.78, 5) is 9.85. The molecule has 0 heterocycles. The standard InChI is InChI=1S/C10H12NO5S/c1-2-17(15,16)10(7-12)8-3-5-9(6-4-8)11(13)14/h3-6,10H,2,7H2,1H3. The van der Waals surface area contributed by atoms with Crippen LogP contribution in [-0.2, 0) is 14.9 Å². The van der Waals surface area contributed by atoms with Gasteiger partial charge in [0.1, 0.15) is 11.9 Å². The van der Waals surface area contributed by atoms with Gasteiger partial charge in [-0.25, -0.2) is 13.5 Å². The lowest BCUT2D eigenvalue weighted by Crippen LogP contribution is -2.18. The summed E-state index contributed by atoms with van der Waals surface area (Å²) in [5.74, 6) is -0.128. The third-order valence-electron chi connectivity index (χ3n) is 2.46. The van der Waals surface area contributed by atoms with Gasteiger partial charge in [0.15, 0.2) is 9.84 Å². The lowest BCUT2D eigenvalue weighted by molar-refractivity contribution is -0.384. The molecule has 0 N–H and O–H groups in total. The zero-order valence-corrected chi connectivity index (χ0v) is 10.0. The van der Waals surface area contributed by atoms with Crippen molar-refractivity contribution in [3.63, 3.8) is 0 Å². The maximum absolute atomic E-state index is 11.6. The minimum atomic E-state index is -3.48. The largest absolute Gasteiger partial charge is 0.269 e. The first-order chi connectivity index (χ1) is 7.92. The van der Waals surface area contributed by atoms with E-state index in [1.807, 2.05) is 0 Å². The lowest BCUT2D eigenvalue weighted by Gasteiger charge is -2.13. The maximum Gasteiger partial charge on any atom is 0.269 e. The highest BCUT2D eigenvalue weighted by Crippen LogP contribution is 2.24. The summed E-state index contributed by atoms with van der Waals surface area (Å²) >= 11 is 0. The van der Waals surface area contributed by atoms with Crippen LogP contribution in [0.15, 0.2) is 24.3 Å². The molecule has 1 atom stereocenters. The predicted molar refractivity (Wildman–Crippen MR) is 60.9 cm³/mol. The summed E-state index contributed by atoms with van der Waals surface area (Å²) in [6, 6.07) is 5.02. The molecule has 1 radical (unpaired) electrons. The Bertz CT molecular complexity index is 494. The third kappa shape index (κ3) is 3.01. The summed E-state index contributed by atoms with van der Waals surface area (Å²) in [7, 11) is -3.48. The molecule has 7 heteroatoms.